The van der Waals surface area contributed by atoms with E-state index < -0.39 is 0 Å². The van der Waals surface area contributed by atoms with E-state index in [2.05, 4.69) is 55.0 Å². The number of nitrogens with one attached hydrogen (secondary N) is 1. The normalized spacial score (nSPS) is 10.8. The van der Waals surface area contributed by atoms with E-state index in [9.17, 15) is 0 Å². The molecule has 0 aliphatic rings. The van der Waals surface area contributed by atoms with Crippen molar-refractivity contribution in [1.82, 2.24) is 5.32 Å². The van der Waals surface area contributed by atoms with Gasteiger partial charge in [-0.3, -0.25) is 0 Å². The van der Waals surface area contributed by atoms with Crippen LogP contribution in [0.2, 0.25) is 0 Å². The van der Waals surface area contributed by atoms with Crippen molar-refractivity contribution in [2.24, 2.45) is 0 Å². The summed E-state index contributed by atoms with van der Waals surface area (Å²) in [7, 11) is 0. The van der Waals surface area contributed by atoms with Crippen molar-refractivity contribution in [3.8, 4) is 0 Å². The molecule has 17 heavy (non-hydrogen) atoms. The van der Waals surface area contributed by atoms with Gasteiger partial charge in [-0.2, -0.15) is 11.3 Å². The molecule has 0 atom stereocenters. The van der Waals surface area contributed by atoms with Crippen molar-refractivity contribution >= 4 is 11.3 Å². The molecule has 2 heteroatoms. The molecule has 1 aromatic heterocycles. The zero-order valence-electron chi connectivity index (χ0n) is 10.7. The Bertz CT molecular complexity index is 499. The van der Waals surface area contributed by atoms with Crippen LogP contribution in [0.15, 0.2) is 29.0 Å². The quantitative estimate of drug-likeness (QED) is 0.859. The first kappa shape index (κ1) is 12.3. The first-order valence-corrected chi connectivity index (χ1v) is 6.89. The van der Waals surface area contributed by atoms with E-state index in [1.54, 1.807) is 11.3 Å². The van der Waals surface area contributed by atoms with Gasteiger partial charge in [-0.05, 0) is 53.8 Å². The molecule has 90 valence electrons. The SMILES string of the molecule is Cc1ccc(C)c(CNCc2cscc2C)c1. The molecule has 1 nitrogen and oxygen atoms in total. The third-order valence-corrected chi connectivity index (χ3v) is 4.01. The van der Waals surface area contributed by atoms with Crippen LogP contribution in [0.3, 0.4) is 0 Å². The predicted molar refractivity (Wildman–Crippen MR) is 75.5 cm³/mol. The van der Waals surface area contributed by atoms with Crippen molar-refractivity contribution in [2.75, 3.05) is 0 Å². The second-order valence-electron chi connectivity index (χ2n) is 4.61. The van der Waals surface area contributed by atoms with E-state index >= 15 is 0 Å². The molecular formula is C15H19NS. The maximum Gasteiger partial charge on any atom is 0.0219 e. The smallest absolute Gasteiger partial charge is 0.0219 e. The summed E-state index contributed by atoms with van der Waals surface area (Å²) < 4.78 is 0. The van der Waals surface area contributed by atoms with Crippen molar-refractivity contribution in [2.45, 2.75) is 33.9 Å². The summed E-state index contributed by atoms with van der Waals surface area (Å²) in [5.41, 5.74) is 6.91. The molecule has 0 radical (unpaired) electrons. The summed E-state index contributed by atoms with van der Waals surface area (Å²) in [6.07, 6.45) is 0. The first-order valence-electron chi connectivity index (χ1n) is 5.95. The van der Waals surface area contributed by atoms with Gasteiger partial charge < -0.3 is 5.32 Å². The zero-order chi connectivity index (χ0) is 12.3. The second kappa shape index (κ2) is 5.48. The third-order valence-electron chi connectivity index (χ3n) is 3.10. The van der Waals surface area contributed by atoms with Gasteiger partial charge in [0.15, 0.2) is 0 Å². The van der Waals surface area contributed by atoms with Gasteiger partial charge in [-0.15, -0.1) is 0 Å². The Labute approximate surface area is 108 Å². The van der Waals surface area contributed by atoms with Gasteiger partial charge in [-0.25, -0.2) is 0 Å². The van der Waals surface area contributed by atoms with E-state index in [0.717, 1.165) is 13.1 Å². The third kappa shape index (κ3) is 3.18. The molecule has 2 rings (SSSR count). The minimum Gasteiger partial charge on any atom is -0.309 e. The highest BCUT2D eigenvalue weighted by Gasteiger charge is 2.01. The van der Waals surface area contributed by atoms with Crippen LogP contribution < -0.4 is 5.32 Å². The number of hydrogen-bond donors (Lipinski definition) is 1. The second-order valence-corrected chi connectivity index (χ2v) is 5.36. The molecule has 1 aromatic carbocycles. The van der Waals surface area contributed by atoms with E-state index in [4.69, 9.17) is 0 Å². The summed E-state index contributed by atoms with van der Waals surface area (Å²) in [4.78, 5) is 0. The highest BCUT2D eigenvalue weighted by molar-refractivity contribution is 7.08. The van der Waals surface area contributed by atoms with Crippen LogP contribution in [-0.4, -0.2) is 0 Å². The Morgan fingerprint density at radius 2 is 1.71 bits per heavy atom. The Morgan fingerprint density at radius 1 is 0.941 bits per heavy atom. The number of thiophene rings is 1. The minimum atomic E-state index is 0.947. The maximum absolute atomic E-state index is 3.52. The maximum atomic E-state index is 3.52. The van der Waals surface area contributed by atoms with Crippen LogP contribution in [0.5, 0.6) is 0 Å². The summed E-state index contributed by atoms with van der Waals surface area (Å²) in [5.74, 6) is 0. The van der Waals surface area contributed by atoms with Crippen LogP contribution in [0.1, 0.15) is 27.8 Å². The molecule has 0 saturated carbocycles. The molecule has 0 spiro atoms. The fourth-order valence-electron chi connectivity index (χ4n) is 1.89. The molecule has 1 heterocycles. The summed E-state index contributed by atoms with van der Waals surface area (Å²) >= 11 is 1.78. The summed E-state index contributed by atoms with van der Waals surface area (Å²) in [6.45, 7) is 8.40. The molecule has 0 amide bonds. The van der Waals surface area contributed by atoms with Gasteiger partial charge in [0.25, 0.3) is 0 Å². The average molecular weight is 245 g/mol. The van der Waals surface area contributed by atoms with Crippen LogP contribution in [0.4, 0.5) is 0 Å². The highest BCUT2D eigenvalue weighted by atomic mass is 32.1. The first-order chi connectivity index (χ1) is 8.16. The summed E-state index contributed by atoms with van der Waals surface area (Å²) in [6, 6.07) is 6.63. The Hall–Kier alpha value is -1.12. The summed E-state index contributed by atoms with van der Waals surface area (Å²) in [5, 5.41) is 7.95. The lowest BCUT2D eigenvalue weighted by Crippen LogP contribution is -2.13. The fourth-order valence-corrected chi connectivity index (χ4v) is 2.75. The van der Waals surface area contributed by atoms with E-state index in [-0.39, 0.29) is 0 Å². The van der Waals surface area contributed by atoms with E-state index in [1.165, 1.54) is 27.8 Å². The van der Waals surface area contributed by atoms with Crippen molar-refractivity contribution in [3.05, 3.63) is 56.8 Å². The lowest BCUT2D eigenvalue weighted by Gasteiger charge is -2.08. The van der Waals surface area contributed by atoms with Gasteiger partial charge in [0, 0.05) is 13.1 Å². The number of aryl methyl sites for hydroxylation is 3. The Kier molecular flexibility index (Phi) is 3.97. The van der Waals surface area contributed by atoms with Gasteiger partial charge in [0.05, 0.1) is 0 Å². The van der Waals surface area contributed by atoms with Crippen molar-refractivity contribution < 1.29 is 0 Å². The lowest BCUT2D eigenvalue weighted by molar-refractivity contribution is 0.689. The van der Waals surface area contributed by atoms with Gasteiger partial charge in [-0.1, -0.05) is 23.8 Å². The average Bonchev–Trinajstić information content (AvgIpc) is 2.70. The lowest BCUT2D eigenvalue weighted by atomic mass is 10.1. The zero-order valence-corrected chi connectivity index (χ0v) is 11.5. The standard InChI is InChI=1S/C15H19NS/c1-11-4-5-12(2)14(6-11)7-16-8-15-10-17-9-13(15)3/h4-6,9-10,16H,7-8H2,1-3H3. The van der Waals surface area contributed by atoms with Crippen molar-refractivity contribution in [3.63, 3.8) is 0 Å². The largest absolute Gasteiger partial charge is 0.309 e. The number of hydrogen-bond acceptors (Lipinski definition) is 2. The van der Waals surface area contributed by atoms with E-state index in [1.807, 2.05) is 0 Å². The van der Waals surface area contributed by atoms with Crippen LogP contribution in [0.25, 0.3) is 0 Å². The van der Waals surface area contributed by atoms with E-state index in [0.29, 0.717) is 0 Å². The van der Waals surface area contributed by atoms with Crippen molar-refractivity contribution in [1.29, 1.82) is 0 Å². The molecule has 0 fully saturated rings. The number of benzene rings is 1. The molecule has 0 bridgehead atoms. The molecule has 0 unspecified atom stereocenters. The molecule has 0 saturated heterocycles. The van der Waals surface area contributed by atoms with Crippen LogP contribution in [-0.2, 0) is 13.1 Å². The molecule has 2 aromatic rings. The molecule has 1 N–H and O–H groups in total. The van der Waals surface area contributed by atoms with Gasteiger partial charge >= 0.3 is 0 Å². The fraction of sp³-hybridized carbons (Fsp3) is 0.333. The Morgan fingerprint density at radius 3 is 2.41 bits per heavy atom. The minimum absolute atomic E-state index is 0.947. The Balaban J connectivity index is 1.94. The molecule has 0 aliphatic carbocycles. The topological polar surface area (TPSA) is 12.0 Å². The highest BCUT2D eigenvalue weighted by Crippen LogP contribution is 2.14. The van der Waals surface area contributed by atoms with Gasteiger partial charge in [0.2, 0.25) is 0 Å². The molecular weight excluding hydrogens is 226 g/mol. The van der Waals surface area contributed by atoms with Crippen LogP contribution >= 0.6 is 11.3 Å². The van der Waals surface area contributed by atoms with Gasteiger partial charge in [0.1, 0.15) is 0 Å². The monoisotopic (exact) mass is 245 g/mol. The van der Waals surface area contributed by atoms with Crippen LogP contribution in [0, 0.1) is 20.8 Å². The number of rotatable bonds is 4. The molecule has 0 aliphatic heterocycles. The predicted octanol–water partition coefficient (Wildman–Crippen LogP) is 3.96.